The van der Waals surface area contributed by atoms with E-state index in [0.29, 0.717) is 21.6 Å². The number of benzene rings is 1. The van der Waals surface area contributed by atoms with Crippen LogP contribution in [0.1, 0.15) is 24.4 Å². The summed E-state index contributed by atoms with van der Waals surface area (Å²) in [5.41, 5.74) is 1.04. The first-order valence-corrected chi connectivity index (χ1v) is 8.81. The third kappa shape index (κ3) is 3.85. The topological polar surface area (TPSA) is 46.2 Å². The zero-order valence-electron chi connectivity index (χ0n) is 10.7. The summed E-state index contributed by atoms with van der Waals surface area (Å²) in [7, 11) is -0.950. The number of rotatable bonds is 4. The molecule has 1 aromatic rings. The molecule has 6 heteroatoms. The van der Waals surface area contributed by atoms with E-state index in [0.717, 1.165) is 18.4 Å². The van der Waals surface area contributed by atoms with Crippen molar-refractivity contribution in [1.29, 1.82) is 0 Å². The summed E-state index contributed by atoms with van der Waals surface area (Å²) in [5.74, 6) is 0.832. The molecule has 0 bridgehead atoms. The maximum atomic E-state index is 11.5. The van der Waals surface area contributed by atoms with E-state index >= 15 is 0 Å². The van der Waals surface area contributed by atoms with Gasteiger partial charge in [0.2, 0.25) is 0 Å². The van der Waals surface area contributed by atoms with Crippen molar-refractivity contribution in [2.45, 2.75) is 18.9 Å². The molecule has 1 aromatic carbocycles. The Kier molecular flexibility index (Phi) is 4.77. The Morgan fingerprint density at radius 3 is 2.63 bits per heavy atom. The van der Waals surface area contributed by atoms with Crippen molar-refractivity contribution in [2.24, 2.45) is 5.92 Å². The van der Waals surface area contributed by atoms with E-state index in [9.17, 15) is 8.42 Å². The third-order valence-electron chi connectivity index (χ3n) is 3.59. The Labute approximate surface area is 124 Å². The van der Waals surface area contributed by atoms with Crippen molar-refractivity contribution in [3.8, 4) is 0 Å². The molecular formula is C13H17Cl2NO2S. The molecule has 1 aliphatic heterocycles. The fourth-order valence-corrected chi connectivity index (χ4v) is 4.73. The van der Waals surface area contributed by atoms with Gasteiger partial charge in [-0.25, -0.2) is 8.42 Å². The van der Waals surface area contributed by atoms with Gasteiger partial charge in [-0.2, -0.15) is 0 Å². The van der Waals surface area contributed by atoms with Gasteiger partial charge in [0.15, 0.2) is 9.84 Å². The number of hydrogen-bond acceptors (Lipinski definition) is 3. The summed E-state index contributed by atoms with van der Waals surface area (Å²) >= 11 is 11.9. The standard InChI is InChI=1S/C13H17Cl2NO2S/c1-16-13(6-9-4-5-19(17,18)8-9)10-2-3-11(14)12(15)7-10/h2-3,7,9,13,16H,4-6,8H2,1H3. The van der Waals surface area contributed by atoms with Crippen LogP contribution < -0.4 is 5.32 Å². The minimum absolute atomic E-state index is 0.105. The Balaban J connectivity index is 2.10. The van der Waals surface area contributed by atoms with Crippen molar-refractivity contribution in [3.63, 3.8) is 0 Å². The molecule has 1 heterocycles. The Morgan fingerprint density at radius 1 is 1.37 bits per heavy atom. The van der Waals surface area contributed by atoms with Crippen LogP contribution in [0.4, 0.5) is 0 Å². The van der Waals surface area contributed by atoms with Crippen LogP contribution in [0.2, 0.25) is 10.0 Å². The second-order valence-corrected chi connectivity index (χ2v) is 8.06. The molecule has 1 saturated heterocycles. The van der Waals surface area contributed by atoms with Gasteiger partial charge < -0.3 is 5.32 Å². The lowest BCUT2D eigenvalue weighted by atomic mass is 9.94. The highest BCUT2D eigenvalue weighted by Gasteiger charge is 2.29. The zero-order chi connectivity index (χ0) is 14.0. The Hall–Kier alpha value is -0.290. The molecule has 19 heavy (non-hydrogen) atoms. The highest BCUT2D eigenvalue weighted by molar-refractivity contribution is 7.91. The minimum Gasteiger partial charge on any atom is -0.313 e. The van der Waals surface area contributed by atoms with Crippen molar-refractivity contribution in [3.05, 3.63) is 33.8 Å². The molecule has 2 rings (SSSR count). The highest BCUT2D eigenvalue weighted by atomic mass is 35.5. The van der Waals surface area contributed by atoms with Gasteiger partial charge in [0.25, 0.3) is 0 Å². The smallest absolute Gasteiger partial charge is 0.150 e. The third-order valence-corrected chi connectivity index (χ3v) is 6.17. The van der Waals surface area contributed by atoms with Gasteiger partial charge in [-0.05, 0) is 43.5 Å². The molecule has 0 radical (unpaired) electrons. The van der Waals surface area contributed by atoms with Crippen molar-refractivity contribution < 1.29 is 8.42 Å². The Morgan fingerprint density at radius 2 is 2.11 bits per heavy atom. The predicted octanol–water partition coefficient (Wildman–Crippen LogP) is 3.08. The number of halogens is 2. The highest BCUT2D eigenvalue weighted by Crippen LogP contribution is 2.31. The first kappa shape index (κ1) is 15.1. The molecule has 106 valence electrons. The second kappa shape index (κ2) is 6.00. The minimum atomic E-state index is -2.82. The second-order valence-electron chi connectivity index (χ2n) is 5.02. The van der Waals surface area contributed by atoms with Crippen molar-refractivity contribution in [2.75, 3.05) is 18.6 Å². The van der Waals surface area contributed by atoms with Crippen LogP contribution in [0, 0.1) is 5.92 Å². The SMILES string of the molecule is CNC(CC1CCS(=O)(=O)C1)c1ccc(Cl)c(Cl)c1. The largest absolute Gasteiger partial charge is 0.313 e. The van der Waals surface area contributed by atoms with Gasteiger partial charge in [0.1, 0.15) is 0 Å². The molecule has 0 amide bonds. The van der Waals surface area contributed by atoms with Crippen molar-refractivity contribution >= 4 is 33.0 Å². The van der Waals surface area contributed by atoms with Crippen LogP contribution in [0.25, 0.3) is 0 Å². The monoisotopic (exact) mass is 321 g/mol. The van der Waals surface area contributed by atoms with Crippen LogP contribution in [-0.4, -0.2) is 27.0 Å². The fraction of sp³-hybridized carbons (Fsp3) is 0.538. The molecule has 0 aromatic heterocycles. The summed E-state index contributed by atoms with van der Waals surface area (Å²) in [4.78, 5) is 0. The maximum Gasteiger partial charge on any atom is 0.150 e. The van der Waals surface area contributed by atoms with E-state index in [1.165, 1.54) is 0 Å². The van der Waals surface area contributed by atoms with E-state index in [2.05, 4.69) is 5.32 Å². The van der Waals surface area contributed by atoms with Gasteiger partial charge in [0.05, 0.1) is 21.6 Å². The number of sulfone groups is 1. The lowest BCUT2D eigenvalue weighted by Gasteiger charge is -2.20. The molecule has 1 aliphatic rings. The van der Waals surface area contributed by atoms with Crippen LogP contribution in [0.3, 0.4) is 0 Å². The van der Waals surface area contributed by atoms with E-state index in [4.69, 9.17) is 23.2 Å². The molecular weight excluding hydrogens is 305 g/mol. The van der Waals surface area contributed by atoms with E-state index in [1.54, 1.807) is 6.07 Å². The average Bonchev–Trinajstić information content (AvgIpc) is 2.69. The van der Waals surface area contributed by atoms with Gasteiger partial charge >= 0.3 is 0 Å². The average molecular weight is 322 g/mol. The van der Waals surface area contributed by atoms with Gasteiger partial charge in [-0.15, -0.1) is 0 Å². The molecule has 0 saturated carbocycles. The summed E-state index contributed by atoms with van der Waals surface area (Å²) in [6, 6.07) is 5.65. The molecule has 1 N–H and O–H groups in total. The van der Waals surface area contributed by atoms with Crippen molar-refractivity contribution in [1.82, 2.24) is 5.32 Å². The lowest BCUT2D eigenvalue weighted by Crippen LogP contribution is -2.20. The maximum absolute atomic E-state index is 11.5. The predicted molar refractivity (Wildman–Crippen MR) is 79.6 cm³/mol. The zero-order valence-corrected chi connectivity index (χ0v) is 13.0. The fourth-order valence-electron chi connectivity index (χ4n) is 2.54. The van der Waals surface area contributed by atoms with E-state index in [1.807, 2.05) is 19.2 Å². The van der Waals surface area contributed by atoms with E-state index in [-0.39, 0.29) is 12.0 Å². The number of hydrogen-bond donors (Lipinski definition) is 1. The molecule has 0 spiro atoms. The quantitative estimate of drug-likeness (QED) is 0.927. The number of nitrogens with one attached hydrogen (secondary N) is 1. The molecule has 2 atom stereocenters. The summed E-state index contributed by atoms with van der Waals surface area (Å²) in [6.07, 6.45) is 1.55. The summed E-state index contributed by atoms with van der Waals surface area (Å²) in [6.45, 7) is 0. The first-order chi connectivity index (χ1) is 8.91. The van der Waals surface area contributed by atoms with Crippen LogP contribution in [0.15, 0.2) is 18.2 Å². The summed E-state index contributed by atoms with van der Waals surface area (Å²) in [5, 5.41) is 4.28. The van der Waals surface area contributed by atoms with Crippen LogP contribution in [-0.2, 0) is 9.84 Å². The molecule has 1 fully saturated rings. The molecule has 0 aliphatic carbocycles. The first-order valence-electron chi connectivity index (χ1n) is 6.24. The van der Waals surface area contributed by atoms with Gasteiger partial charge in [0, 0.05) is 6.04 Å². The van der Waals surface area contributed by atoms with Crippen LogP contribution >= 0.6 is 23.2 Å². The van der Waals surface area contributed by atoms with E-state index < -0.39 is 9.84 Å². The van der Waals surface area contributed by atoms with Gasteiger partial charge in [-0.3, -0.25) is 0 Å². The molecule has 2 unspecified atom stereocenters. The summed E-state index contributed by atoms with van der Waals surface area (Å²) < 4.78 is 23.0. The van der Waals surface area contributed by atoms with Gasteiger partial charge in [-0.1, -0.05) is 29.3 Å². The normalized spacial score (nSPS) is 23.4. The van der Waals surface area contributed by atoms with Crippen LogP contribution in [0.5, 0.6) is 0 Å². The molecule has 3 nitrogen and oxygen atoms in total. The lowest BCUT2D eigenvalue weighted by molar-refractivity contribution is 0.437. The Bertz CT molecular complexity index is 560.